The predicted octanol–water partition coefficient (Wildman–Crippen LogP) is 0.324. The maximum absolute atomic E-state index is 13.3. The second-order valence-electron chi connectivity index (χ2n) is 8.70. The number of nitrogens with one attached hydrogen (secondary N) is 1. The van der Waals surface area contributed by atoms with Crippen molar-refractivity contribution >= 4 is 33.6 Å². The number of aryl methyl sites for hydroxylation is 1. The summed E-state index contributed by atoms with van der Waals surface area (Å²) >= 11 is 0. The Morgan fingerprint density at radius 2 is 2.00 bits per heavy atom. The van der Waals surface area contributed by atoms with Gasteiger partial charge in [-0.3, -0.25) is 19.2 Å². The van der Waals surface area contributed by atoms with Crippen LogP contribution in [0.2, 0.25) is 0 Å². The van der Waals surface area contributed by atoms with Crippen molar-refractivity contribution in [1.29, 1.82) is 0 Å². The number of hydrogen-bond acceptors (Lipinski definition) is 6. The number of likely N-dealkylation sites (N-methyl/N-ethyl adjacent to an activating group) is 1. The molecule has 2 heterocycles. The summed E-state index contributed by atoms with van der Waals surface area (Å²) in [6.07, 6.45) is 7.03. The lowest BCUT2D eigenvalue weighted by Gasteiger charge is -2.31. The van der Waals surface area contributed by atoms with Crippen LogP contribution in [0.1, 0.15) is 25.3 Å². The Hall–Kier alpha value is -3.12. The van der Waals surface area contributed by atoms with Crippen LogP contribution in [-0.4, -0.2) is 71.2 Å². The highest BCUT2D eigenvalue weighted by Crippen LogP contribution is 2.37. The topological polar surface area (TPSA) is 134 Å². The number of urea groups is 1. The zero-order valence-corrected chi connectivity index (χ0v) is 19.0. The van der Waals surface area contributed by atoms with Crippen LogP contribution in [0.25, 0.3) is 0 Å². The minimum Gasteiger partial charge on any atom is -0.345 e. The molecule has 1 fully saturated rings. The number of hydrogen-bond donors (Lipinski definition) is 1. The van der Waals surface area contributed by atoms with Gasteiger partial charge >= 0.3 is 6.03 Å². The monoisotopic (exact) mass is 460 g/mol. The Kier molecular flexibility index (Phi) is 5.17. The standard InChI is InChI=1S/C20H24N6O5S/c1-20(5-6-20)23-32(30,31)13-7-14(17(27)24(2)3)16-15(8-13)18(28)26(19(29)22-16)11-12-9-21-25(4)10-12/h7-10,15,23H,5-6,11H2,1-4H3. The van der Waals surface area contributed by atoms with Gasteiger partial charge in [-0.25, -0.2) is 17.9 Å². The Morgan fingerprint density at radius 3 is 2.56 bits per heavy atom. The molecule has 32 heavy (non-hydrogen) atoms. The molecule has 1 aromatic rings. The average Bonchev–Trinajstić information content (AvgIpc) is 3.27. The van der Waals surface area contributed by atoms with Crippen LogP contribution in [0, 0.1) is 5.92 Å². The Morgan fingerprint density at radius 1 is 1.31 bits per heavy atom. The lowest BCUT2D eigenvalue weighted by atomic mass is 9.88. The molecule has 12 heteroatoms. The SMILES string of the molecule is CN(C)C(=O)C1=CC(S(=O)(=O)NC2(C)CC2)=CC2C(=O)N(Cc3cnn(C)c3)C(=O)N=C12. The minimum absolute atomic E-state index is 0.0438. The van der Waals surface area contributed by atoms with E-state index in [4.69, 9.17) is 0 Å². The highest BCUT2D eigenvalue weighted by Gasteiger charge is 2.45. The fourth-order valence-electron chi connectivity index (χ4n) is 3.55. The van der Waals surface area contributed by atoms with E-state index < -0.39 is 39.3 Å². The average molecular weight is 461 g/mol. The van der Waals surface area contributed by atoms with Gasteiger partial charge in [-0.15, -0.1) is 0 Å². The number of sulfonamides is 1. The summed E-state index contributed by atoms with van der Waals surface area (Å²) in [6, 6.07) is -0.814. The van der Waals surface area contributed by atoms with Crippen LogP contribution in [-0.2, 0) is 33.2 Å². The van der Waals surface area contributed by atoms with Crippen molar-refractivity contribution in [1.82, 2.24) is 24.3 Å². The van der Waals surface area contributed by atoms with Crippen LogP contribution in [0.4, 0.5) is 4.79 Å². The second-order valence-corrected chi connectivity index (χ2v) is 10.4. The Bertz CT molecular complexity index is 1220. The number of carbonyl (C=O) groups is 3. The molecule has 1 aromatic heterocycles. The summed E-state index contributed by atoms with van der Waals surface area (Å²) in [5.74, 6) is -2.37. The van der Waals surface area contributed by atoms with Crippen molar-refractivity contribution in [3.8, 4) is 0 Å². The molecule has 0 bridgehead atoms. The predicted molar refractivity (Wildman–Crippen MR) is 115 cm³/mol. The van der Waals surface area contributed by atoms with Gasteiger partial charge in [0, 0.05) is 38.4 Å². The number of nitrogens with zero attached hydrogens (tertiary/aromatic N) is 5. The van der Waals surface area contributed by atoms with Gasteiger partial charge in [0.1, 0.15) is 5.92 Å². The van der Waals surface area contributed by atoms with E-state index in [1.165, 1.54) is 42.0 Å². The van der Waals surface area contributed by atoms with Gasteiger partial charge in [-0.1, -0.05) is 0 Å². The molecule has 11 nitrogen and oxygen atoms in total. The number of amides is 4. The summed E-state index contributed by atoms with van der Waals surface area (Å²) in [4.78, 5) is 44.7. The van der Waals surface area contributed by atoms with Crippen molar-refractivity contribution in [2.24, 2.45) is 18.0 Å². The van der Waals surface area contributed by atoms with Crippen LogP contribution >= 0.6 is 0 Å². The molecule has 4 amide bonds. The fraction of sp³-hybridized carbons (Fsp3) is 0.450. The van der Waals surface area contributed by atoms with Gasteiger partial charge in [0.15, 0.2) is 0 Å². The molecule has 3 aliphatic rings. The van der Waals surface area contributed by atoms with Gasteiger partial charge in [-0.05, 0) is 31.9 Å². The lowest BCUT2D eigenvalue weighted by molar-refractivity contribution is -0.129. The summed E-state index contributed by atoms with van der Waals surface area (Å²) in [5, 5.41) is 4.03. The minimum atomic E-state index is -3.99. The van der Waals surface area contributed by atoms with E-state index in [9.17, 15) is 22.8 Å². The normalized spacial score (nSPS) is 22.1. The number of carbonyl (C=O) groups excluding carboxylic acids is 3. The van der Waals surface area contributed by atoms with E-state index in [0.717, 1.165) is 4.90 Å². The molecule has 0 spiro atoms. The van der Waals surface area contributed by atoms with E-state index in [-0.39, 0.29) is 22.7 Å². The van der Waals surface area contributed by atoms with Crippen molar-refractivity contribution < 1.29 is 22.8 Å². The summed E-state index contributed by atoms with van der Waals surface area (Å²) in [7, 11) is 0.707. The Balaban J connectivity index is 1.76. The lowest BCUT2D eigenvalue weighted by Crippen LogP contribution is -2.48. The number of aromatic nitrogens is 2. The number of allylic oxidation sites excluding steroid dienone is 1. The first-order valence-electron chi connectivity index (χ1n) is 10.0. The summed E-state index contributed by atoms with van der Waals surface area (Å²) < 4.78 is 30.2. The highest BCUT2D eigenvalue weighted by molar-refractivity contribution is 7.93. The van der Waals surface area contributed by atoms with Gasteiger partial charge in [0.05, 0.1) is 28.9 Å². The molecule has 1 aliphatic heterocycles. The van der Waals surface area contributed by atoms with Gasteiger partial charge in [0.25, 0.3) is 5.91 Å². The van der Waals surface area contributed by atoms with Crippen molar-refractivity contribution in [2.75, 3.05) is 14.1 Å². The molecular weight excluding hydrogens is 436 g/mol. The Labute approximate surface area is 185 Å². The molecule has 0 saturated heterocycles. The van der Waals surface area contributed by atoms with E-state index in [0.29, 0.717) is 18.4 Å². The van der Waals surface area contributed by atoms with Crippen LogP contribution < -0.4 is 4.72 Å². The quantitative estimate of drug-likeness (QED) is 0.650. The molecule has 1 N–H and O–H groups in total. The maximum atomic E-state index is 13.3. The van der Waals surface area contributed by atoms with Crippen molar-refractivity contribution in [3.63, 3.8) is 0 Å². The molecule has 2 aliphatic carbocycles. The zero-order valence-electron chi connectivity index (χ0n) is 18.2. The van der Waals surface area contributed by atoms with E-state index in [1.54, 1.807) is 20.2 Å². The van der Waals surface area contributed by atoms with Crippen molar-refractivity contribution in [2.45, 2.75) is 31.8 Å². The maximum Gasteiger partial charge on any atom is 0.350 e. The highest BCUT2D eigenvalue weighted by atomic mass is 32.2. The second kappa shape index (κ2) is 7.48. The molecule has 170 valence electrons. The third-order valence-corrected chi connectivity index (χ3v) is 7.23. The molecular formula is C20H24N6O5S. The zero-order chi connectivity index (χ0) is 23.4. The number of aliphatic imine (C=N–C) groups is 1. The summed E-state index contributed by atoms with van der Waals surface area (Å²) in [6.45, 7) is 1.72. The van der Waals surface area contributed by atoms with Crippen LogP contribution in [0.3, 0.4) is 0 Å². The van der Waals surface area contributed by atoms with Gasteiger partial charge in [-0.2, -0.15) is 10.1 Å². The van der Waals surface area contributed by atoms with Crippen LogP contribution in [0.5, 0.6) is 0 Å². The first-order valence-corrected chi connectivity index (χ1v) is 11.5. The molecule has 0 aromatic carbocycles. The van der Waals surface area contributed by atoms with Crippen LogP contribution in [0.15, 0.2) is 40.0 Å². The van der Waals surface area contributed by atoms with Gasteiger partial charge in [0.2, 0.25) is 15.9 Å². The molecule has 1 atom stereocenters. The summed E-state index contributed by atoms with van der Waals surface area (Å²) in [5.41, 5.74) is -0.0554. The first kappa shape index (κ1) is 22.1. The van der Waals surface area contributed by atoms with Crippen molar-refractivity contribution in [3.05, 3.63) is 40.6 Å². The van der Waals surface area contributed by atoms with E-state index in [1.807, 2.05) is 0 Å². The first-order chi connectivity index (χ1) is 14.9. The number of imide groups is 1. The smallest absolute Gasteiger partial charge is 0.345 e. The molecule has 1 saturated carbocycles. The van der Waals surface area contributed by atoms with E-state index >= 15 is 0 Å². The third kappa shape index (κ3) is 4.02. The third-order valence-electron chi connectivity index (χ3n) is 5.59. The number of rotatable bonds is 6. The van der Waals surface area contributed by atoms with E-state index in [2.05, 4.69) is 14.8 Å². The number of fused-ring (bicyclic) bond motifs is 1. The fourth-order valence-corrected chi connectivity index (χ4v) is 5.11. The van der Waals surface area contributed by atoms with Gasteiger partial charge < -0.3 is 4.90 Å². The molecule has 4 rings (SSSR count). The molecule has 0 radical (unpaired) electrons. The molecule has 1 unspecified atom stereocenters. The largest absolute Gasteiger partial charge is 0.350 e.